The van der Waals surface area contributed by atoms with Crippen LogP contribution in [0.3, 0.4) is 0 Å². The van der Waals surface area contributed by atoms with Crippen LogP contribution in [0.2, 0.25) is 0 Å². The number of halogens is 1. The highest BCUT2D eigenvalue weighted by molar-refractivity contribution is 5.94. The molecule has 0 spiro atoms. The summed E-state index contributed by atoms with van der Waals surface area (Å²) in [7, 11) is 0. The van der Waals surface area contributed by atoms with Crippen molar-refractivity contribution in [3.63, 3.8) is 0 Å². The molecule has 0 saturated carbocycles. The van der Waals surface area contributed by atoms with Crippen LogP contribution < -0.4 is 5.32 Å². The molecule has 1 heterocycles. The highest BCUT2D eigenvalue weighted by Crippen LogP contribution is 2.23. The van der Waals surface area contributed by atoms with Crippen molar-refractivity contribution in [1.82, 2.24) is 10.2 Å². The molecule has 2 aromatic carbocycles. The molecule has 0 aliphatic carbocycles. The van der Waals surface area contributed by atoms with Crippen LogP contribution in [0.1, 0.15) is 47.2 Å². The third-order valence-corrected chi connectivity index (χ3v) is 5.36. The van der Waals surface area contributed by atoms with Crippen molar-refractivity contribution >= 4 is 11.8 Å². The molecule has 0 radical (unpaired) electrons. The van der Waals surface area contributed by atoms with Gasteiger partial charge in [-0.25, -0.2) is 4.39 Å². The second-order valence-electron chi connectivity index (χ2n) is 7.52. The van der Waals surface area contributed by atoms with E-state index in [0.29, 0.717) is 32.0 Å². The molecular formula is C23H27FN2O2. The summed E-state index contributed by atoms with van der Waals surface area (Å²) in [6.07, 6.45) is 3.02. The molecule has 0 unspecified atom stereocenters. The quantitative estimate of drug-likeness (QED) is 0.818. The zero-order chi connectivity index (χ0) is 19.9. The molecular weight excluding hydrogens is 355 g/mol. The number of piperidine rings is 1. The van der Waals surface area contributed by atoms with Crippen LogP contribution in [0.15, 0.2) is 48.5 Å². The zero-order valence-corrected chi connectivity index (χ0v) is 16.3. The smallest absolute Gasteiger partial charge is 0.256 e. The van der Waals surface area contributed by atoms with Gasteiger partial charge in [-0.1, -0.05) is 42.0 Å². The largest absolute Gasteiger partial charge is 0.352 e. The van der Waals surface area contributed by atoms with E-state index >= 15 is 0 Å². The summed E-state index contributed by atoms with van der Waals surface area (Å²) in [5.41, 5.74) is 2.42. The van der Waals surface area contributed by atoms with E-state index in [0.717, 1.165) is 24.8 Å². The maximum absolute atomic E-state index is 13.8. The van der Waals surface area contributed by atoms with Gasteiger partial charge in [-0.3, -0.25) is 9.59 Å². The first-order valence-electron chi connectivity index (χ1n) is 9.89. The fraction of sp³-hybridized carbons (Fsp3) is 0.391. The number of amides is 2. The van der Waals surface area contributed by atoms with Gasteiger partial charge in [-0.05, 0) is 49.8 Å². The fourth-order valence-corrected chi connectivity index (χ4v) is 3.68. The van der Waals surface area contributed by atoms with Crippen LogP contribution in [-0.2, 0) is 11.3 Å². The molecule has 148 valence electrons. The molecule has 3 rings (SSSR count). The highest BCUT2D eigenvalue weighted by Gasteiger charge is 2.25. The van der Waals surface area contributed by atoms with Gasteiger partial charge in [-0.2, -0.15) is 0 Å². The first-order valence-corrected chi connectivity index (χ1v) is 9.89. The Morgan fingerprint density at radius 3 is 2.57 bits per heavy atom. The van der Waals surface area contributed by atoms with Gasteiger partial charge in [0.15, 0.2) is 0 Å². The van der Waals surface area contributed by atoms with Gasteiger partial charge < -0.3 is 10.2 Å². The molecule has 5 heteroatoms. The first-order chi connectivity index (χ1) is 13.5. The molecule has 1 saturated heterocycles. The fourth-order valence-electron chi connectivity index (χ4n) is 3.68. The number of aryl methyl sites for hydroxylation is 1. The number of carbonyl (C=O) groups excluding carboxylic acids is 2. The minimum absolute atomic E-state index is 0.0615. The molecule has 2 amide bonds. The van der Waals surface area contributed by atoms with Crippen molar-refractivity contribution in [1.29, 1.82) is 0 Å². The topological polar surface area (TPSA) is 49.4 Å². The predicted octanol–water partition coefficient (Wildman–Crippen LogP) is 4.08. The van der Waals surface area contributed by atoms with Crippen molar-refractivity contribution < 1.29 is 14.0 Å². The average molecular weight is 382 g/mol. The zero-order valence-electron chi connectivity index (χ0n) is 16.3. The van der Waals surface area contributed by atoms with E-state index in [-0.39, 0.29) is 17.4 Å². The number of rotatable bonds is 6. The van der Waals surface area contributed by atoms with Crippen LogP contribution >= 0.6 is 0 Å². The number of carbonyl (C=O) groups is 2. The van der Waals surface area contributed by atoms with E-state index in [4.69, 9.17) is 0 Å². The van der Waals surface area contributed by atoms with E-state index < -0.39 is 5.82 Å². The minimum Gasteiger partial charge on any atom is -0.352 e. The number of hydrogen-bond donors (Lipinski definition) is 1. The van der Waals surface area contributed by atoms with E-state index in [1.54, 1.807) is 17.0 Å². The normalized spacial score (nSPS) is 14.7. The third-order valence-electron chi connectivity index (χ3n) is 5.36. The van der Waals surface area contributed by atoms with Crippen molar-refractivity contribution in [2.45, 2.75) is 39.2 Å². The highest BCUT2D eigenvalue weighted by atomic mass is 19.1. The van der Waals surface area contributed by atoms with Crippen molar-refractivity contribution in [3.8, 4) is 0 Å². The lowest BCUT2D eigenvalue weighted by atomic mass is 9.91. The summed E-state index contributed by atoms with van der Waals surface area (Å²) in [6.45, 7) is 3.82. The van der Waals surface area contributed by atoms with Crippen LogP contribution in [0.25, 0.3) is 0 Å². The summed E-state index contributed by atoms with van der Waals surface area (Å²) in [6, 6.07) is 14.2. The predicted molar refractivity (Wildman–Crippen MR) is 107 cm³/mol. The maximum atomic E-state index is 13.8. The third kappa shape index (κ3) is 5.41. The van der Waals surface area contributed by atoms with Gasteiger partial charge in [0, 0.05) is 26.1 Å². The van der Waals surface area contributed by atoms with Gasteiger partial charge in [0.2, 0.25) is 5.91 Å². The van der Waals surface area contributed by atoms with Crippen molar-refractivity contribution in [2.75, 3.05) is 13.1 Å². The van der Waals surface area contributed by atoms with Crippen LogP contribution in [0, 0.1) is 18.7 Å². The summed E-state index contributed by atoms with van der Waals surface area (Å²) >= 11 is 0. The lowest BCUT2D eigenvalue weighted by Crippen LogP contribution is -2.39. The summed E-state index contributed by atoms with van der Waals surface area (Å²) in [5.74, 6) is -0.229. The van der Waals surface area contributed by atoms with Gasteiger partial charge in [0.25, 0.3) is 5.91 Å². The van der Waals surface area contributed by atoms with Crippen LogP contribution in [0.4, 0.5) is 4.39 Å². The van der Waals surface area contributed by atoms with E-state index in [9.17, 15) is 14.0 Å². The number of nitrogens with one attached hydrogen (secondary N) is 1. The summed E-state index contributed by atoms with van der Waals surface area (Å²) < 4.78 is 13.8. The number of likely N-dealkylation sites (tertiary alicyclic amines) is 1. The second kappa shape index (κ2) is 9.49. The van der Waals surface area contributed by atoms with Crippen LogP contribution in [-0.4, -0.2) is 29.8 Å². The Hall–Kier alpha value is -2.69. The van der Waals surface area contributed by atoms with Crippen molar-refractivity contribution in [2.24, 2.45) is 5.92 Å². The van der Waals surface area contributed by atoms with Crippen molar-refractivity contribution in [3.05, 3.63) is 71.0 Å². The molecule has 1 N–H and O–H groups in total. The molecule has 1 aliphatic rings. The molecule has 1 aliphatic heterocycles. The Morgan fingerprint density at radius 2 is 1.86 bits per heavy atom. The van der Waals surface area contributed by atoms with Gasteiger partial charge >= 0.3 is 0 Å². The number of hydrogen-bond acceptors (Lipinski definition) is 2. The SMILES string of the molecule is Cc1cccc(CNC(=O)CCC2CCN(C(=O)c3ccccc3F)CC2)c1. The monoisotopic (exact) mass is 382 g/mol. The molecule has 0 atom stereocenters. The standard InChI is InChI=1S/C23H27FN2O2/c1-17-5-4-6-19(15-17)16-25-22(27)10-9-18-11-13-26(14-12-18)23(28)20-7-2-3-8-21(20)24/h2-8,15,18H,9-14,16H2,1H3,(H,25,27). The van der Waals surface area contributed by atoms with Gasteiger partial charge in [0.1, 0.15) is 5.82 Å². The Bertz CT molecular complexity index is 829. The summed E-state index contributed by atoms with van der Waals surface area (Å²) in [5, 5.41) is 2.98. The van der Waals surface area contributed by atoms with Gasteiger partial charge in [0.05, 0.1) is 5.56 Å². The second-order valence-corrected chi connectivity index (χ2v) is 7.52. The minimum atomic E-state index is -0.472. The lowest BCUT2D eigenvalue weighted by molar-refractivity contribution is -0.121. The van der Waals surface area contributed by atoms with E-state index in [2.05, 4.69) is 11.4 Å². The molecule has 2 aromatic rings. The Balaban J connectivity index is 1.39. The molecule has 28 heavy (non-hydrogen) atoms. The molecule has 4 nitrogen and oxygen atoms in total. The summed E-state index contributed by atoms with van der Waals surface area (Å²) in [4.78, 5) is 26.3. The molecule has 1 fully saturated rings. The first kappa shape index (κ1) is 20.1. The van der Waals surface area contributed by atoms with Crippen LogP contribution in [0.5, 0.6) is 0 Å². The number of nitrogens with zero attached hydrogens (tertiary/aromatic N) is 1. The number of benzene rings is 2. The van der Waals surface area contributed by atoms with E-state index in [1.165, 1.54) is 17.7 Å². The lowest BCUT2D eigenvalue weighted by Gasteiger charge is -2.32. The van der Waals surface area contributed by atoms with E-state index in [1.807, 2.05) is 25.1 Å². The maximum Gasteiger partial charge on any atom is 0.256 e. The molecule has 0 aromatic heterocycles. The van der Waals surface area contributed by atoms with Gasteiger partial charge in [-0.15, -0.1) is 0 Å². The Morgan fingerprint density at radius 1 is 1.11 bits per heavy atom. The Labute approximate surface area is 165 Å². The molecule has 0 bridgehead atoms. The average Bonchev–Trinajstić information content (AvgIpc) is 2.71. The Kier molecular flexibility index (Phi) is 6.80.